The normalized spacial score (nSPS) is 17.6. The molecule has 3 rings (SSSR count). The van der Waals surface area contributed by atoms with Crippen molar-refractivity contribution in [2.45, 2.75) is 44.8 Å². The fourth-order valence-corrected chi connectivity index (χ4v) is 3.27. The molecule has 0 radical (unpaired) electrons. The van der Waals surface area contributed by atoms with Crippen LogP contribution in [0.4, 0.5) is 24.7 Å². The van der Waals surface area contributed by atoms with Gasteiger partial charge >= 0.3 is 6.18 Å². The zero-order valence-electron chi connectivity index (χ0n) is 15.0. The van der Waals surface area contributed by atoms with Crippen molar-refractivity contribution in [1.29, 1.82) is 0 Å². The predicted octanol–water partition coefficient (Wildman–Crippen LogP) is 4.64. The molecule has 2 heterocycles. The second kappa shape index (κ2) is 7.94. The number of amides is 1. The number of nitrogens with zero attached hydrogens (tertiary/aromatic N) is 3. The van der Waals surface area contributed by atoms with Gasteiger partial charge in [0, 0.05) is 24.3 Å². The van der Waals surface area contributed by atoms with Gasteiger partial charge < -0.3 is 10.2 Å². The first-order valence-electron chi connectivity index (χ1n) is 8.96. The van der Waals surface area contributed by atoms with Gasteiger partial charge in [0.2, 0.25) is 0 Å². The average Bonchev–Trinajstić information content (AvgIpc) is 2.67. The maximum Gasteiger partial charge on any atom is 0.416 e. The Morgan fingerprint density at radius 2 is 1.96 bits per heavy atom. The Morgan fingerprint density at radius 1 is 1.22 bits per heavy atom. The van der Waals surface area contributed by atoms with Gasteiger partial charge in [0.25, 0.3) is 5.91 Å². The quantitative estimate of drug-likeness (QED) is 0.842. The van der Waals surface area contributed by atoms with Crippen LogP contribution >= 0.6 is 0 Å². The van der Waals surface area contributed by atoms with Gasteiger partial charge in [0.1, 0.15) is 17.8 Å². The number of carbonyl (C=O) groups excluding carboxylic acids is 1. The maximum atomic E-state index is 12.8. The summed E-state index contributed by atoms with van der Waals surface area (Å²) in [7, 11) is 0. The zero-order chi connectivity index (χ0) is 19.4. The molecule has 0 bridgehead atoms. The molecular weight excluding hydrogens is 357 g/mol. The molecule has 144 valence electrons. The van der Waals surface area contributed by atoms with Crippen LogP contribution in [0.5, 0.6) is 0 Å². The number of rotatable bonds is 4. The molecule has 1 unspecified atom stereocenters. The molecule has 0 aliphatic carbocycles. The summed E-state index contributed by atoms with van der Waals surface area (Å²) in [5.74, 6) is 0.220. The third-order valence-electron chi connectivity index (χ3n) is 4.73. The van der Waals surface area contributed by atoms with Gasteiger partial charge in [-0.2, -0.15) is 13.2 Å². The van der Waals surface area contributed by atoms with E-state index in [1.807, 2.05) is 4.90 Å². The Morgan fingerprint density at radius 3 is 2.63 bits per heavy atom. The van der Waals surface area contributed by atoms with E-state index in [9.17, 15) is 18.0 Å². The number of anilines is 2. The Labute approximate surface area is 155 Å². The van der Waals surface area contributed by atoms with Gasteiger partial charge in [-0.1, -0.05) is 6.92 Å². The van der Waals surface area contributed by atoms with Gasteiger partial charge in [-0.15, -0.1) is 0 Å². The predicted molar refractivity (Wildman–Crippen MR) is 95.7 cm³/mol. The lowest BCUT2D eigenvalue weighted by Gasteiger charge is -2.35. The molecule has 0 saturated carbocycles. The van der Waals surface area contributed by atoms with Gasteiger partial charge in [-0.3, -0.25) is 4.79 Å². The van der Waals surface area contributed by atoms with E-state index in [0.717, 1.165) is 37.8 Å². The highest BCUT2D eigenvalue weighted by Crippen LogP contribution is 2.30. The molecule has 8 heteroatoms. The van der Waals surface area contributed by atoms with E-state index in [2.05, 4.69) is 22.2 Å². The van der Waals surface area contributed by atoms with E-state index in [0.29, 0.717) is 18.1 Å². The molecule has 1 atom stereocenters. The molecular formula is C19H21F3N4O. The molecule has 5 nitrogen and oxygen atoms in total. The van der Waals surface area contributed by atoms with Gasteiger partial charge in [0.15, 0.2) is 0 Å². The first-order valence-corrected chi connectivity index (χ1v) is 8.96. The minimum Gasteiger partial charge on any atom is -0.340 e. The first kappa shape index (κ1) is 19.1. The average molecular weight is 378 g/mol. The molecule has 1 aliphatic rings. The number of halogens is 3. The number of alkyl halides is 3. The van der Waals surface area contributed by atoms with E-state index in [1.165, 1.54) is 24.5 Å². The molecule has 1 fully saturated rings. The summed E-state index contributed by atoms with van der Waals surface area (Å²) < 4.78 is 37.9. The second-order valence-corrected chi connectivity index (χ2v) is 6.54. The molecule has 2 aromatic rings. The summed E-state index contributed by atoms with van der Waals surface area (Å²) in [4.78, 5) is 22.8. The minimum absolute atomic E-state index is 0.139. The van der Waals surface area contributed by atoms with Crippen molar-refractivity contribution in [2.24, 2.45) is 0 Å². The Balaban J connectivity index is 1.74. The summed E-state index contributed by atoms with van der Waals surface area (Å²) in [5, 5.41) is 2.92. The second-order valence-electron chi connectivity index (χ2n) is 6.54. The maximum absolute atomic E-state index is 12.8. The van der Waals surface area contributed by atoms with Crippen LogP contribution in [-0.2, 0) is 6.18 Å². The summed E-state index contributed by atoms with van der Waals surface area (Å²) in [6.07, 6.45) is 0.885. The highest BCUT2D eigenvalue weighted by atomic mass is 19.4. The highest BCUT2D eigenvalue weighted by molar-refractivity contribution is 5.93. The zero-order valence-corrected chi connectivity index (χ0v) is 15.0. The van der Waals surface area contributed by atoms with E-state index in [1.54, 1.807) is 0 Å². The fraction of sp³-hybridized carbons (Fsp3) is 0.421. The Hall–Kier alpha value is -2.64. The molecule has 0 spiro atoms. The highest BCUT2D eigenvalue weighted by Gasteiger charge is 2.30. The number of nitrogens with one attached hydrogen (secondary N) is 1. The first-order chi connectivity index (χ1) is 12.9. The summed E-state index contributed by atoms with van der Waals surface area (Å²) in [6.45, 7) is 2.77. The number of likely N-dealkylation sites (tertiary alicyclic amines) is 1. The lowest BCUT2D eigenvalue weighted by molar-refractivity contribution is -0.137. The lowest BCUT2D eigenvalue weighted by Crippen LogP contribution is -2.43. The standard InChI is InChI=1S/C19H21F3N4O/c1-2-15-5-3-4-10-26(15)18(27)16-11-17(24-12-23-16)25-14-8-6-13(7-9-14)19(20,21)22/h6-9,11-12,15H,2-5,10H2,1H3,(H,23,24,25). The van der Waals surface area contributed by atoms with Crippen LogP contribution in [0.1, 0.15) is 48.7 Å². The summed E-state index contributed by atoms with van der Waals surface area (Å²) in [6, 6.07) is 6.38. The van der Waals surface area contributed by atoms with Crippen molar-refractivity contribution in [3.63, 3.8) is 0 Å². The SMILES string of the molecule is CCC1CCCCN1C(=O)c1cc(Nc2ccc(C(F)(F)F)cc2)ncn1. The van der Waals surface area contributed by atoms with Crippen molar-refractivity contribution in [1.82, 2.24) is 14.9 Å². The number of hydrogen-bond donors (Lipinski definition) is 1. The number of hydrogen-bond acceptors (Lipinski definition) is 4. The molecule has 1 aromatic carbocycles. The molecule has 1 aliphatic heterocycles. The monoisotopic (exact) mass is 378 g/mol. The Kier molecular flexibility index (Phi) is 5.62. The van der Waals surface area contributed by atoms with Crippen molar-refractivity contribution in [3.05, 3.63) is 47.9 Å². The van der Waals surface area contributed by atoms with Crippen molar-refractivity contribution >= 4 is 17.4 Å². The van der Waals surface area contributed by atoms with E-state index in [-0.39, 0.29) is 17.6 Å². The molecule has 1 aromatic heterocycles. The van der Waals surface area contributed by atoms with E-state index < -0.39 is 11.7 Å². The summed E-state index contributed by atoms with van der Waals surface area (Å²) in [5.41, 5.74) is 0.00609. The largest absolute Gasteiger partial charge is 0.416 e. The van der Waals surface area contributed by atoms with Crippen LogP contribution in [0, 0.1) is 0 Å². The minimum atomic E-state index is -4.38. The van der Waals surface area contributed by atoms with Crippen LogP contribution < -0.4 is 5.32 Å². The molecule has 27 heavy (non-hydrogen) atoms. The summed E-state index contributed by atoms with van der Waals surface area (Å²) >= 11 is 0. The number of piperidine rings is 1. The third-order valence-corrected chi connectivity index (χ3v) is 4.73. The van der Waals surface area contributed by atoms with Crippen LogP contribution in [0.15, 0.2) is 36.7 Å². The van der Waals surface area contributed by atoms with Gasteiger partial charge in [0.05, 0.1) is 5.56 Å². The van der Waals surface area contributed by atoms with E-state index in [4.69, 9.17) is 0 Å². The number of benzene rings is 1. The molecule has 1 N–H and O–H groups in total. The Bertz CT molecular complexity index is 792. The molecule has 1 saturated heterocycles. The van der Waals surface area contributed by atoms with Crippen LogP contribution in [-0.4, -0.2) is 33.4 Å². The number of aromatic nitrogens is 2. The lowest BCUT2D eigenvalue weighted by atomic mass is 9.99. The van der Waals surface area contributed by atoms with Gasteiger partial charge in [-0.25, -0.2) is 9.97 Å². The van der Waals surface area contributed by atoms with Crippen molar-refractivity contribution in [3.8, 4) is 0 Å². The third kappa shape index (κ3) is 4.56. The smallest absolute Gasteiger partial charge is 0.340 e. The molecule has 1 amide bonds. The number of carbonyl (C=O) groups is 1. The van der Waals surface area contributed by atoms with E-state index >= 15 is 0 Å². The van der Waals surface area contributed by atoms with Crippen LogP contribution in [0.25, 0.3) is 0 Å². The van der Waals surface area contributed by atoms with Crippen LogP contribution in [0.2, 0.25) is 0 Å². The fourth-order valence-electron chi connectivity index (χ4n) is 3.27. The van der Waals surface area contributed by atoms with Crippen LogP contribution in [0.3, 0.4) is 0 Å². The van der Waals surface area contributed by atoms with Crippen molar-refractivity contribution < 1.29 is 18.0 Å². The van der Waals surface area contributed by atoms with Crippen molar-refractivity contribution in [2.75, 3.05) is 11.9 Å². The van der Waals surface area contributed by atoms with Gasteiger partial charge in [-0.05, 0) is 49.9 Å². The topological polar surface area (TPSA) is 58.1 Å².